The molecule has 3 amide bonds. The molecule has 3 atom stereocenters. The first-order valence-corrected chi connectivity index (χ1v) is 25.3. The van der Waals surface area contributed by atoms with Gasteiger partial charge in [0, 0.05) is 86.4 Å². The van der Waals surface area contributed by atoms with Crippen LogP contribution < -0.4 is 36.8 Å². The molecule has 388 valence electrons. The molecule has 2 unspecified atom stereocenters. The van der Waals surface area contributed by atoms with Crippen LogP contribution in [0.1, 0.15) is 97.3 Å². The topological polar surface area (TPSA) is 184 Å². The zero-order valence-corrected chi connectivity index (χ0v) is 41.9. The molecule has 0 bridgehead atoms. The molecule has 0 aliphatic carbocycles. The first-order valence-electron chi connectivity index (χ1n) is 24.5. The second-order valence-electron chi connectivity index (χ2n) is 17.9. The highest BCUT2D eigenvalue weighted by atomic mass is 35.5. The Balaban J connectivity index is 0.000000148. The van der Waals surface area contributed by atoms with Gasteiger partial charge in [-0.15, -0.1) is 0 Å². The SMILES string of the molecule is O=C(Nc1ccc(C2CNCCO2)cc1)c1ccc(N2CCCC2)nc1.O=C(Nc1ccc(C2CNCCO2)cc1)c1ccnc(C(F)(F)F)c1.O=C(Nc1ccc([C@@H]2CCCNC2)cc1)c1cc(Cl)nc(Cl)c1. The molecule has 4 saturated heterocycles. The summed E-state index contributed by atoms with van der Waals surface area (Å²) >= 11 is 11.6. The number of pyridine rings is 3. The fourth-order valence-electron chi connectivity index (χ4n) is 8.68. The Kier molecular flexibility index (Phi) is 19.0. The third-order valence-electron chi connectivity index (χ3n) is 12.7. The fraction of sp³-hybridized carbons (Fsp3) is 0.333. The van der Waals surface area contributed by atoms with E-state index in [1.54, 1.807) is 18.3 Å². The lowest BCUT2D eigenvalue weighted by molar-refractivity contribution is -0.141. The van der Waals surface area contributed by atoms with Crippen molar-refractivity contribution >= 4 is 63.8 Å². The quantitative estimate of drug-likeness (QED) is 0.0716. The number of rotatable bonds is 10. The lowest BCUT2D eigenvalue weighted by atomic mass is 9.91. The molecule has 4 fully saturated rings. The van der Waals surface area contributed by atoms with Crippen molar-refractivity contribution in [3.05, 3.63) is 171 Å². The van der Waals surface area contributed by atoms with Gasteiger partial charge in [0.1, 0.15) is 21.8 Å². The molecule has 0 spiro atoms. The van der Waals surface area contributed by atoms with Crippen LogP contribution in [0.4, 0.5) is 36.1 Å². The zero-order valence-electron chi connectivity index (χ0n) is 40.4. The van der Waals surface area contributed by atoms with E-state index in [0.29, 0.717) is 35.9 Å². The average Bonchev–Trinajstić information content (AvgIpc) is 3.98. The molecule has 20 heteroatoms. The van der Waals surface area contributed by atoms with E-state index in [9.17, 15) is 27.6 Å². The highest BCUT2D eigenvalue weighted by Gasteiger charge is 2.33. The minimum Gasteiger partial charge on any atom is -0.371 e. The minimum absolute atomic E-state index is 0.0481. The van der Waals surface area contributed by atoms with Gasteiger partial charge in [0.25, 0.3) is 17.7 Å². The van der Waals surface area contributed by atoms with Gasteiger partial charge in [0.05, 0.1) is 31.0 Å². The molecule has 6 N–H and O–H groups in total. The number of alkyl halides is 3. The van der Waals surface area contributed by atoms with E-state index in [0.717, 1.165) is 93.0 Å². The van der Waals surface area contributed by atoms with Gasteiger partial charge in [-0.25, -0.2) is 9.97 Å². The number of amides is 3. The molecule has 15 nitrogen and oxygen atoms in total. The normalized spacial score (nSPS) is 18.7. The Morgan fingerprint density at radius 1 is 0.581 bits per heavy atom. The molecule has 74 heavy (non-hydrogen) atoms. The van der Waals surface area contributed by atoms with Gasteiger partial charge in [-0.1, -0.05) is 59.6 Å². The number of halogens is 5. The number of piperidine rings is 1. The second kappa shape index (κ2) is 26.1. The van der Waals surface area contributed by atoms with Crippen LogP contribution >= 0.6 is 23.2 Å². The third-order valence-corrected chi connectivity index (χ3v) is 13.0. The van der Waals surface area contributed by atoms with Crippen molar-refractivity contribution in [2.45, 2.75) is 50.0 Å². The Labute approximate surface area is 437 Å². The molecule has 0 radical (unpaired) electrons. The molecule has 4 aliphatic rings. The van der Waals surface area contributed by atoms with Crippen molar-refractivity contribution in [2.75, 3.05) is 86.4 Å². The number of carbonyl (C=O) groups excluding carboxylic acids is 3. The number of nitrogens with one attached hydrogen (secondary N) is 6. The van der Waals surface area contributed by atoms with Crippen molar-refractivity contribution in [3.8, 4) is 0 Å². The van der Waals surface area contributed by atoms with E-state index >= 15 is 0 Å². The van der Waals surface area contributed by atoms with Gasteiger partial charge in [-0.3, -0.25) is 19.4 Å². The summed E-state index contributed by atoms with van der Waals surface area (Å²) in [6.45, 7) is 8.81. The van der Waals surface area contributed by atoms with Crippen molar-refractivity contribution in [1.82, 2.24) is 30.9 Å². The van der Waals surface area contributed by atoms with E-state index in [-0.39, 0.29) is 39.9 Å². The van der Waals surface area contributed by atoms with Crippen LogP contribution in [0.3, 0.4) is 0 Å². The number of aromatic nitrogens is 3. The maximum Gasteiger partial charge on any atom is 0.433 e. The molecule has 0 saturated carbocycles. The molecular formula is C54H57Cl2F3N10O5. The number of hydrogen-bond acceptors (Lipinski definition) is 12. The standard InChI is InChI=1S/C20H24N4O2.C17H17Cl2N3O.C17H16F3N3O2/c25-20(16-5-8-19(22-13-16)24-10-1-2-11-24)23-17-6-3-15(4-7-17)18-14-21-9-12-26-18;18-15-8-13(9-16(19)22-15)17(23)21-14-5-3-11(4-6-14)12-2-1-7-20-10-12;18-17(19,20)15-9-12(5-6-22-15)16(24)23-13-3-1-11(2-4-13)14-10-21-7-8-25-14/h3-8,13,18,21H,1-2,9-12,14H2,(H,23,25);3-6,8-9,12,20H,1-2,7,10H2,(H,21,23);1-6,9,14,21H,7-8,10H2,(H,23,24)/t;12-;/m.1./s1. The van der Waals surface area contributed by atoms with Gasteiger partial charge in [-0.2, -0.15) is 13.2 Å². The summed E-state index contributed by atoms with van der Waals surface area (Å²) < 4.78 is 49.4. The summed E-state index contributed by atoms with van der Waals surface area (Å²) in [7, 11) is 0. The molecule has 3 aromatic carbocycles. The van der Waals surface area contributed by atoms with Crippen molar-refractivity contribution in [3.63, 3.8) is 0 Å². The lowest BCUT2D eigenvalue weighted by Crippen LogP contribution is -2.33. The number of hydrogen-bond donors (Lipinski definition) is 6. The summed E-state index contributed by atoms with van der Waals surface area (Å²) in [5.41, 5.74) is 5.13. The van der Waals surface area contributed by atoms with Crippen LogP contribution in [0.5, 0.6) is 0 Å². The van der Waals surface area contributed by atoms with E-state index in [4.69, 9.17) is 32.7 Å². The highest BCUT2D eigenvalue weighted by Crippen LogP contribution is 2.29. The lowest BCUT2D eigenvalue weighted by Gasteiger charge is -2.24. The van der Waals surface area contributed by atoms with Gasteiger partial charge < -0.3 is 46.3 Å². The zero-order chi connectivity index (χ0) is 51.9. The molecule has 4 aliphatic heterocycles. The Morgan fingerprint density at radius 3 is 1.57 bits per heavy atom. The van der Waals surface area contributed by atoms with E-state index in [2.05, 4.69) is 63.9 Å². The number of ether oxygens (including phenoxy) is 2. The van der Waals surface area contributed by atoms with Crippen LogP contribution in [-0.4, -0.2) is 98.2 Å². The second-order valence-corrected chi connectivity index (χ2v) is 18.7. The van der Waals surface area contributed by atoms with Crippen LogP contribution in [0.2, 0.25) is 10.3 Å². The van der Waals surface area contributed by atoms with Crippen LogP contribution in [-0.2, 0) is 15.7 Å². The third kappa shape index (κ3) is 15.5. The summed E-state index contributed by atoms with van der Waals surface area (Å²) in [4.78, 5) is 50.6. The monoisotopic (exact) mass is 1050 g/mol. The van der Waals surface area contributed by atoms with Crippen LogP contribution in [0.15, 0.2) is 122 Å². The molecule has 10 rings (SSSR count). The minimum atomic E-state index is -4.59. The molecular weight excluding hydrogens is 997 g/mol. The van der Waals surface area contributed by atoms with Crippen molar-refractivity contribution in [2.24, 2.45) is 0 Å². The molecule has 7 heterocycles. The summed E-state index contributed by atoms with van der Waals surface area (Å²) in [6, 6.07) is 31.6. The number of carbonyl (C=O) groups is 3. The van der Waals surface area contributed by atoms with Crippen LogP contribution in [0.25, 0.3) is 0 Å². The molecule has 6 aromatic rings. The summed E-state index contributed by atoms with van der Waals surface area (Å²) in [5, 5.41) is 18.7. The van der Waals surface area contributed by atoms with Crippen molar-refractivity contribution in [1.29, 1.82) is 0 Å². The fourth-order valence-corrected chi connectivity index (χ4v) is 9.14. The maximum atomic E-state index is 12.7. The number of anilines is 4. The summed E-state index contributed by atoms with van der Waals surface area (Å²) in [5.74, 6) is 0.462. The Morgan fingerprint density at radius 2 is 1.09 bits per heavy atom. The number of morpholine rings is 2. The predicted octanol–water partition coefficient (Wildman–Crippen LogP) is 9.72. The smallest absolute Gasteiger partial charge is 0.371 e. The van der Waals surface area contributed by atoms with Crippen LogP contribution in [0, 0.1) is 0 Å². The Bertz CT molecular complexity index is 2770. The highest BCUT2D eigenvalue weighted by molar-refractivity contribution is 6.33. The van der Waals surface area contributed by atoms with Crippen molar-refractivity contribution < 1.29 is 37.0 Å². The number of nitrogens with zero attached hydrogens (tertiary/aromatic N) is 4. The van der Waals surface area contributed by atoms with E-state index in [1.165, 1.54) is 49.4 Å². The number of benzene rings is 3. The van der Waals surface area contributed by atoms with Gasteiger partial charge in [0.15, 0.2) is 0 Å². The van der Waals surface area contributed by atoms with E-state index in [1.807, 2.05) is 60.7 Å². The average molecular weight is 1050 g/mol. The predicted molar refractivity (Wildman–Crippen MR) is 280 cm³/mol. The van der Waals surface area contributed by atoms with Gasteiger partial charge >= 0.3 is 6.18 Å². The van der Waals surface area contributed by atoms with Gasteiger partial charge in [0.2, 0.25) is 0 Å². The van der Waals surface area contributed by atoms with E-state index < -0.39 is 17.8 Å². The first kappa shape index (κ1) is 53.8. The Hall–Kier alpha value is -6.51. The summed E-state index contributed by atoms with van der Waals surface area (Å²) in [6.07, 6.45) is 2.88. The van der Waals surface area contributed by atoms with Gasteiger partial charge in [-0.05, 0) is 128 Å². The first-order chi connectivity index (χ1) is 35.8. The maximum absolute atomic E-state index is 12.7. The largest absolute Gasteiger partial charge is 0.433 e. The molecule has 3 aromatic heterocycles.